The number of carbonyl (C=O) groups is 2. The second-order valence-electron chi connectivity index (χ2n) is 8.60. The Morgan fingerprint density at radius 2 is 1.64 bits per heavy atom. The molecule has 0 aliphatic rings. The van der Waals surface area contributed by atoms with E-state index in [4.69, 9.17) is 0 Å². The Morgan fingerprint density at radius 3 is 2.33 bits per heavy atom. The number of aromatic nitrogens is 1. The maximum atomic E-state index is 13.1. The number of hydrogen-bond acceptors (Lipinski definition) is 5. The summed E-state index contributed by atoms with van der Waals surface area (Å²) in [5, 5.41) is 25.8. The molecule has 3 aromatic rings. The monoisotopic (exact) mass is 447 g/mol. The largest absolute Gasteiger partial charge is 0.475 e. The van der Waals surface area contributed by atoms with Gasteiger partial charge in [0.25, 0.3) is 5.91 Å². The molecule has 7 nitrogen and oxygen atoms in total. The SMILES string of the molecule is CC(C)CC(NC(=O)C(CCc1ccccc1)NC(=O)c1ccc2ccccc2n1)B(O)O. The average molecular weight is 447 g/mol. The van der Waals surface area contributed by atoms with Crippen molar-refractivity contribution >= 4 is 29.8 Å². The van der Waals surface area contributed by atoms with Gasteiger partial charge in [-0.25, -0.2) is 4.98 Å². The highest BCUT2D eigenvalue weighted by molar-refractivity contribution is 6.43. The van der Waals surface area contributed by atoms with E-state index in [1.165, 1.54) is 0 Å². The summed E-state index contributed by atoms with van der Waals surface area (Å²) < 4.78 is 0. The van der Waals surface area contributed by atoms with Crippen molar-refractivity contribution in [1.82, 2.24) is 15.6 Å². The van der Waals surface area contributed by atoms with Gasteiger partial charge in [0.05, 0.1) is 11.5 Å². The van der Waals surface area contributed by atoms with E-state index in [1.54, 1.807) is 6.07 Å². The number of carbonyl (C=O) groups excluding carboxylic acids is 2. The lowest BCUT2D eigenvalue weighted by Crippen LogP contribution is -2.54. The van der Waals surface area contributed by atoms with Gasteiger partial charge in [-0.3, -0.25) is 9.59 Å². The van der Waals surface area contributed by atoms with Gasteiger partial charge in [0.1, 0.15) is 11.7 Å². The highest BCUT2D eigenvalue weighted by Gasteiger charge is 2.30. The van der Waals surface area contributed by atoms with Crippen molar-refractivity contribution in [2.24, 2.45) is 5.92 Å². The lowest BCUT2D eigenvalue weighted by Gasteiger charge is -2.24. The molecule has 0 saturated carbocycles. The first-order valence-electron chi connectivity index (χ1n) is 11.2. The minimum atomic E-state index is -1.69. The molecule has 1 heterocycles. The summed E-state index contributed by atoms with van der Waals surface area (Å²) in [7, 11) is -1.69. The number of para-hydroxylation sites is 1. The molecule has 172 valence electrons. The summed E-state index contributed by atoms with van der Waals surface area (Å²) in [5.74, 6) is -1.60. The molecular weight excluding hydrogens is 417 g/mol. The number of rotatable bonds is 10. The highest BCUT2D eigenvalue weighted by atomic mass is 16.4. The summed E-state index contributed by atoms with van der Waals surface area (Å²) in [6.45, 7) is 3.86. The highest BCUT2D eigenvalue weighted by Crippen LogP contribution is 2.13. The second kappa shape index (κ2) is 11.6. The number of hydrogen-bond donors (Lipinski definition) is 4. The van der Waals surface area contributed by atoms with E-state index in [-0.39, 0.29) is 11.6 Å². The smallest absolute Gasteiger partial charge is 0.426 e. The van der Waals surface area contributed by atoms with Gasteiger partial charge in [-0.1, -0.05) is 68.4 Å². The second-order valence-corrected chi connectivity index (χ2v) is 8.60. The molecule has 2 aromatic carbocycles. The first-order chi connectivity index (χ1) is 15.8. The third-order valence-electron chi connectivity index (χ3n) is 5.43. The Hall–Kier alpha value is -3.23. The van der Waals surface area contributed by atoms with E-state index in [2.05, 4.69) is 15.6 Å². The molecule has 0 aliphatic carbocycles. The molecule has 0 spiro atoms. The fourth-order valence-electron chi connectivity index (χ4n) is 3.70. The van der Waals surface area contributed by atoms with Gasteiger partial charge in [-0.2, -0.15) is 0 Å². The summed E-state index contributed by atoms with van der Waals surface area (Å²) in [6, 6.07) is 19.7. The van der Waals surface area contributed by atoms with Crippen LogP contribution in [0.4, 0.5) is 0 Å². The maximum Gasteiger partial charge on any atom is 0.475 e. The molecular formula is C25H30BN3O4. The zero-order valence-corrected chi connectivity index (χ0v) is 18.9. The minimum Gasteiger partial charge on any atom is -0.426 e. The predicted octanol–water partition coefficient (Wildman–Crippen LogP) is 2.51. The van der Waals surface area contributed by atoms with Gasteiger partial charge in [0, 0.05) is 5.39 Å². The number of aryl methyl sites for hydroxylation is 1. The van der Waals surface area contributed by atoms with Crippen molar-refractivity contribution in [3.63, 3.8) is 0 Å². The Bertz CT molecular complexity index is 1080. The van der Waals surface area contributed by atoms with Crippen LogP contribution in [0.1, 0.15) is 42.7 Å². The zero-order valence-electron chi connectivity index (χ0n) is 18.9. The van der Waals surface area contributed by atoms with Crippen molar-refractivity contribution in [3.8, 4) is 0 Å². The average Bonchev–Trinajstić information content (AvgIpc) is 2.81. The third kappa shape index (κ3) is 7.13. The summed E-state index contributed by atoms with van der Waals surface area (Å²) in [4.78, 5) is 30.4. The molecule has 4 N–H and O–H groups in total. The molecule has 0 radical (unpaired) electrons. The van der Waals surface area contributed by atoms with E-state index >= 15 is 0 Å². The van der Waals surface area contributed by atoms with Crippen molar-refractivity contribution < 1.29 is 19.6 Å². The Morgan fingerprint density at radius 1 is 0.939 bits per heavy atom. The number of amides is 2. The molecule has 0 aliphatic heterocycles. The van der Waals surface area contributed by atoms with Crippen LogP contribution in [0, 0.1) is 5.92 Å². The first-order valence-corrected chi connectivity index (χ1v) is 11.2. The molecule has 33 heavy (non-hydrogen) atoms. The van der Waals surface area contributed by atoms with Crippen LogP contribution < -0.4 is 10.6 Å². The molecule has 0 saturated heterocycles. The number of nitrogens with zero attached hydrogens (tertiary/aromatic N) is 1. The Balaban J connectivity index is 1.77. The minimum absolute atomic E-state index is 0.149. The standard InChI is InChI=1S/C25H30BN3O4/c1-17(2)16-23(26(32)33)29-25(31)22(14-12-18-8-4-3-5-9-18)28-24(30)21-15-13-19-10-6-7-11-20(19)27-21/h3-11,13,15,17,22-23,32-33H,12,14,16H2,1-2H3,(H,28,30)(H,29,31). The van der Waals surface area contributed by atoms with E-state index in [0.717, 1.165) is 10.9 Å². The van der Waals surface area contributed by atoms with Crippen molar-refractivity contribution in [2.75, 3.05) is 0 Å². The van der Waals surface area contributed by atoms with Gasteiger partial charge >= 0.3 is 7.12 Å². The lowest BCUT2D eigenvalue weighted by atomic mass is 9.75. The van der Waals surface area contributed by atoms with E-state index < -0.39 is 30.9 Å². The summed E-state index contributed by atoms with van der Waals surface area (Å²) in [5.41, 5.74) is 1.94. The Kier molecular flexibility index (Phi) is 8.57. The van der Waals surface area contributed by atoms with E-state index in [1.807, 2.05) is 74.5 Å². The summed E-state index contributed by atoms with van der Waals surface area (Å²) >= 11 is 0. The third-order valence-corrected chi connectivity index (χ3v) is 5.43. The van der Waals surface area contributed by atoms with Gasteiger partial charge < -0.3 is 20.7 Å². The number of nitrogens with one attached hydrogen (secondary N) is 2. The molecule has 0 bridgehead atoms. The molecule has 0 fully saturated rings. The van der Waals surface area contributed by atoms with Crippen LogP contribution in [-0.2, 0) is 11.2 Å². The fraction of sp³-hybridized carbons (Fsp3) is 0.320. The molecule has 1 aromatic heterocycles. The molecule has 2 atom stereocenters. The number of benzene rings is 2. The summed E-state index contributed by atoms with van der Waals surface area (Å²) in [6.07, 6.45) is 1.32. The van der Waals surface area contributed by atoms with Gasteiger partial charge in [0.15, 0.2) is 0 Å². The topological polar surface area (TPSA) is 112 Å². The maximum absolute atomic E-state index is 13.1. The van der Waals surface area contributed by atoms with Crippen LogP contribution in [0.5, 0.6) is 0 Å². The van der Waals surface area contributed by atoms with Crippen LogP contribution in [0.25, 0.3) is 10.9 Å². The molecule has 3 rings (SSSR count). The van der Waals surface area contributed by atoms with Crippen molar-refractivity contribution in [1.29, 1.82) is 0 Å². The zero-order chi connectivity index (χ0) is 23.8. The quantitative estimate of drug-likeness (QED) is 0.357. The van der Waals surface area contributed by atoms with E-state index in [0.29, 0.717) is 24.8 Å². The normalized spacial score (nSPS) is 12.9. The lowest BCUT2D eigenvalue weighted by molar-refractivity contribution is -0.123. The van der Waals surface area contributed by atoms with Crippen LogP contribution in [0.2, 0.25) is 0 Å². The van der Waals surface area contributed by atoms with Crippen LogP contribution in [0.15, 0.2) is 66.7 Å². The van der Waals surface area contributed by atoms with Crippen LogP contribution in [-0.4, -0.2) is 45.9 Å². The number of pyridine rings is 1. The van der Waals surface area contributed by atoms with Gasteiger partial charge in [-0.05, 0) is 42.9 Å². The predicted molar refractivity (Wildman–Crippen MR) is 129 cm³/mol. The number of fused-ring (bicyclic) bond motifs is 1. The van der Waals surface area contributed by atoms with Crippen molar-refractivity contribution in [3.05, 3.63) is 78.0 Å². The van der Waals surface area contributed by atoms with Gasteiger partial charge in [-0.15, -0.1) is 0 Å². The molecule has 2 unspecified atom stereocenters. The van der Waals surface area contributed by atoms with Crippen LogP contribution in [0.3, 0.4) is 0 Å². The Labute approximate surface area is 194 Å². The first kappa shape index (κ1) is 24.4. The van der Waals surface area contributed by atoms with Gasteiger partial charge in [0.2, 0.25) is 5.91 Å². The van der Waals surface area contributed by atoms with Crippen molar-refractivity contribution in [2.45, 2.75) is 45.1 Å². The molecule has 8 heteroatoms. The molecule has 2 amide bonds. The fourth-order valence-corrected chi connectivity index (χ4v) is 3.70. The van der Waals surface area contributed by atoms with Crippen LogP contribution >= 0.6 is 0 Å². The van der Waals surface area contributed by atoms with E-state index in [9.17, 15) is 19.6 Å².